The molecule has 0 unspecified atom stereocenters. The number of nitrogens with one attached hydrogen (secondary N) is 1. The van der Waals surface area contributed by atoms with Gasteiger partial charge < -0.3 is 5.32 Å². The number of rotatable bonds is 5. The molecule has 0 spiro atoms. The number of anilines is 1. The first-order valence-corrected chi connectivity index (χ1v) is 8.47. The first kappa shape index (κ1) is 18.3. The summed E-state index contributed by atoms with van der Waals surface area (Å²) in [4.78, 5) is 24.5. The number of amides is 1. The molecule has 1 amide bonds. The van der Waals surface area contributed by atoms with Crippen LogP contribution < -0.4 is 5.32 Å². The number of aryl methyl sites for hydroxylation is 1. The van der Waals surface area contributed by atoms with Crippen LogP contribution >= 0.6 is 0 Å². The molecule has 3 aromatic carbocycles. The Bertz CT molecular complexity index is 990. The molecule has 27 heavy (non-hydrogen) atoms. The van der Waals surface area contributed by atoms with E-state index in [-0.39, 0.29) is 17.5 Å². The molecule has 0 saturated carbocycles. The van der Waals surface area contributed by atoms with Crippen LogP contribution in [0.4, 0.5) is 10.1 Å². The standard InChI is InChI=1S/C23H18FNO2/c1-16-3-2-4-19(15-16)23(27)25-21-12-8-18(9-13-21)22(26)14-7-17-5-10-20(24)11-6-17/h2-15H,1H3,(H,25,27). The van der Waals surface area contributed by atoms with Crippen LogP contribution in [0.2, 0.25) is 0 Å². The SMILES string of the molecule is Cc1cccc(C(=O)Nc2ccc(C(=O)C=Cc3ccc(F)cc3)cc2)c1. The summed E-state index contributed by atoms with van der Waals surface area (Å²) in [7, 11) is 0. The van der Waals surface area contributed by atoms with Crippen molar-refractivity contribution >= 4 is 23.5 Å². The fraction of sp³-hybridized carbons (Fsp3) is 0.0435. The maximum Gasteiger partial charge on any atom is 0.255 e. The van der Waals surface area contributed by atoms with Gasteiger partial charge in [-0.3, -0.25) is 9.59 Å². The summed E-state index contributed by atoms with van der Waals surface area (Å²) in [6.45, 7) is 1.93. The molecule has 0 radical (unpaired) electrons. The third-order valence-corrected chi connectivity index (χ3v) is 4.00. The lowest BCUT2D eigenvalue weighted by molar-refractivity contribution is 0.102. The zero-order valence-corrected chi connectivity index (χ0v) is 14.8. The average Bonchev–Trinajstić information content (AvgIpc) is 2.68. The number of ketones is 1. The van der Waals surface area contributed by atoms with Gasteiger partial charge in [0.1, 0.15) is 5.82 Å². The Kier molecular flexibility index (Phi) is 5.57. The normalized spacial score (nSPS) is 10.7. The molecule has 1 N–H and O–H groups in total. The van der Waals surface area contributed by atoms with Gasteiger partial charge in [-0.25, -0.2) is 4.39 Å². The minimum atomic E-state index is -0.318. The van der Waals surface area contributed by atoms with E-state index in [0.717, 1.165) is 11.1 Å². The smallest absolute Gasteiger partial charge is 0.255 e. The highest BCUT2D eigenvalue weighted by atomic mass is 19.1. The van der Waals surface area contributed by atoms with Gasteiger partial charge >= 0.3 is 0 Å². The molecule has 0 fully saturated rings. The van der Waals surface area contributed by atoms with Gasteiger partial charge in [0, 0.05) is 16.8 Å². The van der Waals surface area contributed by atoms with Gasteiger partial charge in [0.15, 0.2) is 5.78 Å². The quantitative estimate of drug-likeness (QED) is 0.497. The van der Waals surface area contributed by atoms with Gasteiger partial charge in [-0.15, -0.1) is 0 Å². The first-order valence-electron chi connectivity index (χ1n) is 8.47. The summed E-state index contributed by atoms with van der Waals surface area (Å²) in [6.07, 6.45) is 3.07. The molecule has 0 aliphatic rings. The van der Waals surface area contributed by atoms with Crippen LogP contribution in [0.5, 0.6) is 0 Å². The van der Waals surface area contributed by atoms with E-state index in [2.05, 4.69) is 5.32 Å². The van der Waals surface area contributed by atoms with Crippen molar-refractivity contribution in [1.82, 2.24) is 0 Å². The molecule has 134 valence electrons. The van der Waals surface area contributed by atoms with Gasteiger partial charge in [0.25, 0.3) is 5.91 Å². The van der Waals surface area contributed by atoms with Crippen molar-refractivity contribution in [1.29, 1.82) is 0 Å². The van der Waals surface area contributed by atoms with E-state index in [4.69, 9.17) is 0 Å². The Morgan fingerprint density at radius 3 is 2.26 bits per heavy atom. The zero-order chi connectivity index (χ0) is 19.2. The zero-order valence-electron chi connectivity index (χ0n) is 14.8. The number of allylic oxidation sites excluding steroid dienone is 1. The number of hydrogen-bond donors (Lipinski definition) is 1. The lowest BCUT2D eigenvalue weighted by atomic mass is 10.1. The molecule has 3 aromatic rings. The van der Waals surface area contributed by atoms with Crippen LogP contribution in [0.3, 0.4) is 0 Å². The van der Waals surface area contributed by atoms with Crippen molar-refractivity contribution in [3.8, 4) is 0 Å². The lowest BCUT2D eigenvalue weighted by Crippen LogP contribution is -2.12. The molecule has 3 nitrogen and oxygen atoms in total. The summed E-state index contributed by atoms with van der Waals surface area (Å²) in [6, 6.07) is 19.9. The van der Waals surface area contributed by atoms with Crippen LogP contribution in [-0.4, -0.2) is 11.7 Å². The third kappa shape index (κ3) is 4.98. The van der Waals surface area contributed by atoms with Crippen molar-refractivity contribution in [2.45, 2.75) is 6.92 Å². The van der Waals surface area contributed by atoms with Crippen LogP contribution in [0.1, 0.15) is 31.8 Å². The minimum absolute atomic E-state index is 0.170. The second-order valence-electron chi connectivity index (χ2n) is 6.15. The predicted molar refractivity (Wildman–Crippen MR) is 105 cm³/mol. The molecule has 3 rings (SSSR count). The van der Waals surface area contributed by atoms with E-state index < -0.39 is 0 Å². The Balaban J connectivity index is 1.65. The largest absolute Gasteiger partial charge is 0.322 e. The van der Waals surface area contributed by atoms with E-state index >= 15 is 0 Å². The Morgan fingerprint density at radius 2 is 1.59 bits per heavy atom. The summed E-state index contributed by atoms with van der Waals surface area (Å²) < 4.78 is 12.9. The molecular formula is C23H18FNO2. The van der Waals surface area contributed by atoms with Crippen molar-refractivity contribution in [2.24, 2.45) is 0 Å². The van der Waals surface area contributed by atoms with E-state index in [1.54, 1.807) is 48.5 Å². The van der Waals surface area contributed by atoms with Crippen LogP contribution in [0.25, 0.3) is 6.08 Å². The van der Waals surface area contributed by atoms with Crippen LogP contribution in [0.15, 0.2) is 78.9 Å². The molecule has 0 saturated heterocycles. The molecule has 0 aliphatic carbocycles. The predicted octanol–water partition coefficient (Wildman–Crippen LogP) is 5.28. The van der Waals surface area contributed by atoms with Crippen LogP contribution in [0, 0.1) is 12.7 Å². The fourth-order valence-electron chi connectivity index (χ4n) is 2.55. The number of hydrogen-bond acceptors (Lipinski definition) is 2. The van der Waals surface area contributed by atoms with Crippen molar-refractivity contribution in [3.05, 3.63) is 107 Å². The lowest BCUT2D eigenvalue weighted by Gasteiger charge is -2.06. The number of carbonyl (C=O) groups is 2. The van der Waals surface area contributed by atoms with Crippen molar-refractivity contribution < 1.29 is 14.0 Å². The van der Waals surface area contributed by atoms with Gasteiger partial charge in [0.2, 0.25) is 0 Å². The van der Waals surface area contributed by atoms with E-state index in [0.29, 0.717) is 16.8 Å². The highest BCUT2D eigenvalue weighted by molar-refractivity contribution is 6.08. The fourth-order valence-corrected chi connectivity index (χ4v) is 2.55. The topological polar surface area (TPSA) is 46.2 Å². The number of benzene rings is 3. The van der Waals surface area contributed by atoms with Gasteiger partial charge in [0.05, 0.1) is 0 Å². The maximum absolute atomic E-state index is 12.9. The minimum Gasteiger partial charge on any atom is -0.322 e. The Labute approximate surface area is 157 Å². The monoisotopic (exact) mass is 359 g/mol. The summed E-state index contributed by atoms with van der Waals surface area (Å²) >= 11 is 0. The molecule has 0 aromatic heterocycles. The molecular weight excluding hydrogens is 341 g/mol. The molecule has 0 atom stereocenters. The van der Waals surface area contributed by atoms with Crippen molar-refractivity contribution in [2.75, 3.05) is 5.32 Å². The highest BCUT2D eigenvalue weighted by Gasteiger charge is 2.07. The van der Waals surface area contributed by atoms with E-state index in [9.17, 15) is 14.0 Å². The van der Waals surface area contributed by atoms with Gasteiger partial charge in [-0.1, -0.05) is 35.9 Å². The molecule has 0 bridgehead atoms. The summed E-state index contributed by atoms with van der Waals surface area (Å²) in [5.74, 6) is -0.688. The van der Waals surface area contributed by atoms with E-state index in [1.807, 2.05) is 25.1 Å². The first-order chi connectivity index (χ1) is 13.0. The Hall–Kier alpha value is -3.53. The van der Waals surface area contributed by atoms with Gasteiger partial charge in [-0.05, 0) is 67.1 Å². The van der Waals surface area contributed by atoms with Gasteiger partial charge in [-0.2, -0.15) is 0 Å². The third-order valence-electron chi connectivity index (χ3n) is 4.00. The summed E-state index contributed by atoms with van der Waals surface area (Å²) in [5.41, 5.74) is 3.45. The van der Waals surface area contributed by atoms with Crippen LogP contribution in [-0.2, 0) is 0 Å². The molecule has 0 aliphatic heterocycles. The number of carbonyl (C=O) groups excluding carboxylic acids is 2. The summed E-state index contributed by atoms with van der Waals surface area (Å²) in [5, 5.41) is 2.81. The highest BCUT2D eigenvalue weighted by Crippen LogP contribution is 2.14. The number of halogens is 1. The average molecular weight is 359 g/mol. The molecule has 4 heteroatoms. The maximum atomic E-state index is 12.9. The Morgan fingerprint density at radius 1 is 0.889 bits per heavy atom. The van der Waals surface area contributed by atoms with E-state index in [1.165, 1.54) is 18.2 Å². The second kappa shape index (κ2) is 8.23. The molecule has 0 heterocycles. The van der Waals surface area contributed by atoms with Crippen molar-refractivity contribution in [3.63, 3.8) is 0 Å². The second-order valence-corrected chi connectivity index (χ2v) is 6.15.